The largest absolute Gasteiger partial charge is 0.492 e. The van der Waals surface area contributed by atoms with E-state index in [1.165, 1.54) is 7.11 Å². The van der Waals surface area contributed by atoms with E-state index in [0.717, 1.165) is 26.3 Å². The van der Waals surface area contributed by atoms with Crippen LogP contribution in [0.3, 0.4) is 0 Å². The fourth-order valence-electron chi connectivity index (χ4n) is 2.95. The number of carbonyl (C=O) groups excluding carboxylic acids is 2. The van der Waals surface area contributed by atoms with Crippen LogP contribution in [0.4, 0.5) is 4.79 Å². The molecule has 8 nitrogen and oxygen atoms in total. The molecule has 162 valence electrons. The molecule has 1 aliphatic heterocycles. The zero-order valence-corrected chi connectivity index (χ0v) is 17.9. The Bertz CT molecular complexity index is 671. The number of morpholine rings is 1. The molecule has 1 amide bonds. The van der Waals surface area contributed by atoms with Crippen LogP contribution in [0.15, 0.2) is 24.3 Å². The van der Waals surface area contributed by atoms with Crippen molar-refractivity contribution in [3.8, 4) is 5.75 Å². The van der Waals surface area contributed by atoms with Crippen LogP contribution in [-0.2, 0) is 19.0 Å². The number of methoxy groups -OCH3 is 1. The summed E-state index contributed by atoms with van der Waals surface area (Å²) in [5.74, 6) is 0.112. The van der Waals surface area contributed by atoms with Crippen molar-refractivity contribution in [1.29, 1.82) is 0 Å². The maximum atomic E-state index is 12.1. The summed E-state index contributed by atoms with van der Waals surface area (Å²) in [6.45, 7) is 11.2. The first-order valence-corrected chi connectivity index (χ1v) is 9.81. The highest BCUT2D eigenvalue weighted by Crippen LogP contribution is 2.20. The predicted molar refractivity (Wildman–Crippen MR) is 108 cm³/mol. The molecule has 2 atom stereocenters. The minimum absolute atomic E-state index is 0.384. The number of esters is 1. The molecule has 1 fully saturated rings. The molecule has 0 unspecified atom stereocenters. The summed E-state index contributed by atoms with van der Waals surface area (Å²) >= 11 is 0. The summed E-state index contributed by atoms with van der Waals surface area (Å²) in [6, 6.07) is 6.42. The molecule has 0 radical (unpaired) electrons. The normalized spacial score (nSPS) is 18.6. The molecule has 29 heavy (non-hydrogen) atoms. The monoisotopic (exact) mass is 408 g/mol. The van der Waals surface area contributed by atoms with Gasteiger partial charge in [0.05, 0.1) is 20.3 Å². The second-order valence-corrected chi connectivity index (χ2v) is 7.98. The lowest BCUT2D eigenvalue weighted by molar-refractivity contribution is -0.143. The molecule has 1 heterocycles. The summed E-state index contributed by atoms with van der Waals surface area (Å²) in [5.41, 5.74) is -0.0858. The first kappa shape index (κ1) is 23.0. The lowest BCUT2D eigenvalue weighted by atomic mass is 10.1. The van der Waals surface area contributed by atoms with Gasteiger partial charge in [-0.2, -0.15) is 0 Å². The number of amides is 1. The number of benzene rings is 1. The minimum Gasteiger partial charge on any atom is -0.492 e. The Balaban J connectivity index is 1.93. The molecular formula is C21H32N2O6. The molecule has 0 aromatic heterocycles. The third-order valence-electron chi connectivity index (χ3n) is 4.46. The van der Waals surface area contributed by atoms with E-state index in [1.807, 2.05) is 0 Å². The fourth-order valence-corrected chi connectivity index (χ4v) is 2.95. The van der Waals surface area contributed by atoms with Gasteiger partial charge in [0.1, 0.15) is 18.0 Å². The fraction of sp³-hybridized carbons (Fsp3) is 0.619. The zero-order chi connectivity index (χ0) is 21.4. The number of hydrogen-bond acceptors (Lipinski definition) is 7. The van der Waals surface area contributed by atoms with Crippen LogP contribution in [0.1, 0.15) is 39.3 Å². The summed E-state index contributed by atoms with van der Waals surface area (Å²) in [7, 11) is 1.27. The Hall–Kier alpha value is -2.32. The highest BCUT2D eigenvalue weighted by molar-refractivity contribution is 5.82. The van der Waals surface area contributed by atoms with Crippen molar-refractivity contribution < 1.29 is 28.5 Å². The zero-order valence-electron chi connectivity index (χ0n) is 17.9. The molecular weight excluding hydrogens is 376 g/mol. The van der Waals surface area contributed by atoms with Gasteiger partial charge in [0.2, 0.25) is 0 Å². The van der Waals surface area contributed by atoms with Crippen molar-refractivity contribution >= 4 is 12.1 Å². The Morgan fingerprint density at radius 1 is 1.28 bits per heavy atom. The second-order valence-electron chi connectivity index (χ2n) is 7.98. The third-order valence-corrected chi connectivity index (χ3v) is 4.46. The topological polar surface area (TPSA) is 86.3 Å². The number of carbonyl (C=O) groups is 2. The summed E-state index contributed by atoms with van der Waals surface area (Å²) in [5, 5.41) is 2.56. The smallest absolute Gasteiger partial charge is 0.408 e. The van der Waals surface area contributed by atoms with Crippen LogP contribution in [0.2, 0.25) is 0 Å². The number of hydrogen-bond donors (Lipinski definition) is 1. The van der Waals surface area contributed by atoms with E-state index in [-0.39, 0.29) is 0 Å². The van der Waals surface area contributed by atoms with E-state index in [1.54, 1.807) is 45.0 Å². The van der Waals surface area contributed by atoms with E-state index in [9.17, 15) is 9.59 Å². The molecule has 0 spiro atoms. The van der Waals surface area contributed by atoms with Gasteiger partial charge in [0.25, 0.3) is 0 Å². The predicted octanol–water partition coefficient (Wildman–Crippen LogP) is 2.52. The molecule has 1 N–H and O–H groups in total. The summed E-state index contributed by atoms with van der Waals surface area (Å²) in [6.07, 6.45) is -0.687. The van der Waals surface area contributed by atoms with Crippen LogP contribution in [0.25, 0.3) is 0 Å². The van der Waals surface area contributed by atoms with E-state index in [2.05, 4.69) is 17.1 Å². The lowest BCUT2D eigenvalue weighted by Crippen LogP contribution is -2.45. The van der Waals surface area contributed by atoms with Gasteiger partial charge in [-0.05, 0) is 45.4 Å². The molecule has 8 heteroatoms. The van der Waals surface area contributed by atoms with Crippen LogP contribution in [0.5, 0.6) is 5.75 Å². The van der Waals surface area contributed by atoms with Gasteiger partial charge in [-0.3, -0.25) is 4.90 Å². The van der Waals surface area contributed by atoms with Gasteiger partial charge >= 0.3 is 12.1 Å². The Morgan fingerprint density at radius 2 is 1.97 bits per heavy atom. The van der Waals surface area contributed by atoms with Crippen molar-refractivity contribution in [1.82, 2.24) is 10.2 Å². The molecule has 0 aliphatic carbocycles. The maximum absolute atomic E-state index is 12.1. The maximum Gasteiger partial charge on any atom is 0.408 e. The highest BCUT2D eigenvalue weighted by Gasteiger charge is 2.26. The Labute approximate surface area is 172 Å². The minimum atomic E-state index is -0.960. The van der Waals surface area contributed by atoms with Crippen molar-refractivity contribution in [3.63, 3.8) is 0 Å². The number of alkyl carbamates (subject to hydrolysis) is 1. The average molecular weight is 408 g/mol. The van der Waals surface area contributed by atoms with Gasteiger partial charge in [-0.15, -0.1) is 0 Å². The number of nitrogens with zero attached hydrogens (tertiary/aromatic N) is 1. The third kappa shape index (κ3) is 7.55. The van der Waals surface area contributed by atoms with Crippen LogP contribution in [-0.4, -0.2) is 68.6 Å². The van der Waals surface area contributed by atoms with E-state index >= 15 is 0 Å². The number of rotatable bonds is 7. The lowest BCUT2D eigenvalue weighted by Gasteiger charge is -2.32. The Morgan fingerprint density at radius 3 is 2.55 bits per heavy atom. The van der Waals surface area contributed by atoms with Gasteiger partial charge in [-0.25, -0.2) is 9.59 Å². The van der Waals surface area contributed by atoms with Crippen molar-refractivity contribution in [2.75, 3.05) is 40.0 Å². The number of ether oxygens (including phenoxy) is 4. The molecule has 0 bridgehead atoms. The first-order valence-electron chi connectivity index (χ1n) is 9.81. The van der Waals surface area contributed by atoms with Crippen LogP contribution >= 0.6 is 0 Å². The molecule has 1 aromatic carbocycles. The Kier molecular flexibility index (Phi) is 8.28. The molecule has 1 saturated heterocycles. The van der Waals surface area contributed by atoms with Gasteiger partial charge < -0.3 is 24.3 Å². The first-order chi connectivity index (χ1) is 13.7. The van der Waals surface area contributed by atoms with Gasteiger partial charge in [-0.1, -0.05) is 12.1 Å². The number of nitrogens with one attached hydrogen (secondary N) is 1. The second kappa shape index (κ2) is 10.5. The molecule has 1 aromatic rings. The standard InChI is InChI=1S/C21H32N2O6/c1-15-14-27-12-10-23(15)11-13-28-17-8-6-16(7-9-17)18(19(24)26-5)22-20(25)29-21(2,3)4/h6-9,15,18H,10-14H2,1-5H3,(H,22,25)/t15-,18+/m1/s1. The van der Waals surface area contributed by atoms with Crippen molar-refractivity contribution in [3.05, 3.63) is 29.8 Å². The van der Waals surface area contributed by atoms with Crippen LogP contribution < -0.4 is 10.1 Å². The summed E-state index contributed by atoms with van der Waals surface area (Å²) in [4.78, 5) is 26.5. The SMILES string of the molecule is COC(=O)[C@@H](NC(=O)OC(C)(C)C)c1ccc(OCCN2CCOC[C@H]2C)cc1. The van der Waals surface area contributed by atoms with Crippen molar-refractivity contribution in [2.45, 2.75) is 45.4 Å². The van der Waals surface area contributed by atoms with E-state index in [4.69, 9.17) is 18.9 Å². The molecule has 2 rings (SSSR count). The van der Waals surface area contributed by atoms with Crippen molar-refractivity contribution in [2.24, 2.45) is 0 Å². The molecule has 1 aliphatic rings. The van der Waals surface area contributed by atoms with E-state index < -0.39 is 23.7 Å². The van der Waals surface area contributed by atoms with E-state index in [0.29, 0.717) is 24.0 Å². The molecule has 0 saturated carbocycles. The van der Waals surface area contributed by atoms with Crippen LogP contribution in [0, 0.1) is 0 Å². The average Bonchev–Trinajstić information content (AvgIpc) is 2.66. The quantitative estimate of drug-likeness (QED) is 0.694. The summed E-state index contributed by atoms with van der Waals surface area (Å²) < 4.78 is 21.3. The van der Waals surface area contributed by atoms with Gasteiger partial charge in [0, 0.05) is 19.1 Å². The highest BCUT2D eigenvalue weighted by atomic mass is 16.6. The van der Waals surface area contributed by atoms with Gasteiger partial charge in [0.15, 0.2) is 6.04 Å².